The number of nitrogens with zero attached hydrogens (tertiary/aromatic N) is 6. The summed E-state index contributed by atoms with van der Waals surface area (Å²) in [5.41, 5.74) is -1.47. The first kappa shape index (κ1) is 34.1. The van der Waals surface area contributed by atoms with Crippen LogP contribution >= 0.6 is 8.25 Å². The number of hydrogen-bond donors (Lipinski definition) is 0. The van der Waals surface area contributed by atoms with Gasteiger partial charge in [0.1, 0.15) is 17.9 Å². The summed E-state index contributed by atoms with van der Waals surface area (Å²) in [5.74, 6) is -2.02. The first-order valence-electron chi connectivity index (χ1n) is 13.7. The van der Waals surface area contributed by atoms with Crippen LogP contribution in [0.25, 0.3) is 5.52 Å². The average Bonchev–Trinajstić information content (AvgIpc) is 3.43. The number of carbonyl (C=O) groups excluding carboxylic acids is 2. The summed E-state index contributed by atoms with van der Waals surface area (Å²) >= 11 is 0. The van der Waals surface area contributed by atoms with Crippen molar-refractivity contribution in [2.75, 3.05) is 27.8 Å². The van der Waals surface area contributed by atoms with Gasteiger partial charge in [0.2, 0.25) is 5.60 Å². The first-order valence-corrected chi connectivity index (χ1v) is 14.8. The number of hydrogen-bond acceptors (Lipinski definition) is 12. The molecule has 3 rings (SSSR count). The van der Waals surface area contributed by atoms with Crippen LogP contribution in [0.15, 0.2) is 53.8 Å². The van der Waals surface area contributed by atoms with E-state index >= 15 is 0 Å². The van der Waals surface area contributed by atoms with Crippen LogP contribution in [-0.2, 0) is 32.9 Å². The largest absolute Gasteiger partial charge is 0.750 e. The zero-order chi connectivity index (χ0) is 32.4. The number of methoxy groups -OCH3 is 1. The molecule has 0 aliphatic heterocycles. The van der Waals surface area contributed by atoms with Crippen molar-refractivity contribution < 1.29 is 37.4 Å². The number of esters is 2. The van der Waals surface area contributed by atoms with Crippen LogP contribution in [-0.4, -0.2) is 77.3 Å². The maximum Gasteiger partial charge on any atom is 0.750 e. The third kappa shape index (κ3) is 8.35. The van der Waals surface area contributed by atoms with Gasteiger partial charge >= 0.3 is 20.2 Å². The topological polar surface area (TPSA) is 167 Å². The van der Waals surface area contributed by atoms with Gasteiger partial charge in [0.25, 0.3) is 0 Å². The molecule has 1 unspecified atom stereocenters. The lowest BCUT2D eigenvalue weighted by Gasteiger charge is -2.36. The quantitative estimate of drug-likeness (QED) is 0.101. The number of fused-ring (bicyclic) bond motifs is 1. The van der Waals surface area contributed by atoms with E-state index in [1.807, 2.05) is 6.07 Å². The number of ether oxygens (including phenoxy) is 3. The molecule has 0 aliphatic carbocycles. The van der Waals surface area contributed by atoms with Crippen molar-refractivity contribution in [2.45, 2.75) is 45.5 Å². The molecule has 234 valence electrons. The second-order valence-electron chi connectivity index (χ2n) is 10.5. The minimum Gasteiger partial charge on any atom is -0.453 e. The molecule has 0 N–H and O–H groups in total. The highest BCUT2D eigenvalue weighted by atomic mass is 31.1. The van der Waals surface area contributed by atoms with Gasteiger partial charge in [0, 0.05) is 25.8 Å². The van der Waals surface area contributed by atoms with Crippen molar-refractivity contribution in [1.82, 2.24) is 19.5 Å². The van der Waals surface area contributed by atoms with Gasteiger partial charge in [-0.25, -0.2) is 19.0 Å². The number of rotatable bonds is 15. The number of aromatic nitrogens is 3. The molecule has 0 amide bonds. The highest BCUT2D eigenvalue weighted by Gasteiger charge is 2.53. The van der Waals surface area contributed by atoms with Crippen molar-refractivity contribution in [3.05, 3.63) is 54.5 Å². The van der Waals surface area contributed by atoms with Gasteiger partial charge in [-0.3, -0.25) is 9.59 Å². The predicted molar refractivity (Wildman–Crippen MR) is 159 cm³/mol. The van der Waals surface area contributed by atoms with Crippen LogP contribution in [0.5, 0.6) is 5.75 Å². The molecular weight excluding hydrogens is 591 g/mol. The highest BCUT2D eigenvalue weighted by Crippen LogP contribution is 2.38. The average molecular weight is 628 g/mol. The van der Waals surface area contributed by atoms with E-state index in [1.54, 1.807) is 95.5 Å². The molecular formula is C29H36N6O8P+. The van der Waals surface area contributed by atoms with E-state index in [9.17, 15) is 19.4 Å². The number of carbonyl (C=O) groups is 2. The first-order chi connectivity index (χ1) is 20.9. The number of aliphatic imine (C=N–C) groups is 1. The van der Waals surface area contributed by atoms with E-state index in [4.69, 9.17) is 23.3 Å². The molecule has 0 fully saturated rings. The molecule has 2 heterocycles. The van der Waals surface area contributed by atoms with Gasteiger partial charge in [0.15, 0.2) is 30.4 Å². The van der Waals surface area contributed by atoms with E-state index in [2.05, 4.69) is 15.1 Å². The number of para-hydroxylation sites is 1. The van der Waals surface area contributed by atoms with Gasteiger partial charge < -0.3 is 19.1 Å². The van der Waals surface area contributed by atoms with Crippen molar-refractivity contribution in [3.8, 4) is 11.8 Å². The second kappa shape index (κ2) is 15.3. The Kier molecular flexibility index (Phi) is 11.9. The molecule has 0 saturated carbocycles. The zero-order valence-corrected chi connectivity index (χ0v) is 26.5. The Morgan fingerprint density at radius 1 is 1.09 bits per heavy atom. The summed E-state index contributed by atoms with van der Waals surface area (Å²) < 4.78 is 42.4. The lowest BCUT2D eigenvalue weighted by atomic mass is 9.92. The summed E-state index contributed by atoms with van der Waals surface area (Å²) in [7, 11) is 2.00. The molecule has 0 spiro atoms. The van der Waals surface area contributed by atoms with Crippen LogP contribution in [0.2, 0.25) is 0 Å². The third-order valence-electron chi connectivity index (χ3n) is 6.19. The Morgan fingerprint density at radius 2 is 1.75 bits per heavy atom. The lowest BCUT2D eigenvalue weighted by molar-refractivity contribution is -0.197. The molecule has 0 radical (unpaired) electrons. The lowest BCUT2D eigenvalue weighted by Crippen LogP contribution is -2.53. The Morgan fingerprint density at radius 3 is 2.34 bits per heavy atom. The SMILES string of the molecule is CO[C@](C#N)(CO[P+](=O)Oc1ccccc1)[C@@H](OC(=O)C(C)C)[C@@H](OC(=O)C(C)C)c1ccc2c(N=CN(C)C)ncnn12. The van der Waals surface area contributed by atoms with E-state index in [0.29, 0.717) is 11.3 Å². The molecule has 0 aliphatic rings. The zero-order valence-electron chi connectivity index (χ0n) is 25.6. The van der Waals surface area contributed by atoms with Crippen molar-refractivity contribution >= 4 is 37.9 Å². The van der Waals surface area contributed by atoms with Gasteiger partial charge in [-0.05, 0) is 24.3 Å². The van der Waals surface area contributed by atoms with Gasteiger partial charge in [-0.1, -0.05) is 45.9 Å². The maximum atomic E-state index is 13.1. The summed E-state index contributed by atoms with van der Waals surface area (Å²) in [4.78, 5) is 36.5. The third-order valence-corrected chi connectivity index (χ3v) is 6.89. The molecule has 15 heteroatoms. The fourth-order valence-electron chi connectivity index (χ4n) is 3.77. The molecule has 44 heavy (non-hydrogen) atoms. The monoisotopic (exact) mass is 627 g/mol. The van der Waals surface area contributed by atoms with E-state index in [0.717, 1.165) is 0 Å². The van der Waals surface area contributed by atoms with Gasteiger partial charge in [0.05, 0.1) is 23.9 Å². The molecule has 2 aromatic heterocycles. The summed E-state index contributed by atoms with van der Waals surface area (Å²) in [6, 6.07) is 13.5. The highest BCUT2D eigenvalue weighted by molar-refractivity contribution is 7.33. The van der Waals surface area contributed by atoms with E-state index in [1.165, 1.54) is 18.0 Å². The molecule has 0 saturated heterocycles. The van der Waals surface area contributed by atoms with E-state index < -0.39 is 56.4 Å². The van der Waals surface area contributed by atoms with Crippen molar-refractivity contribution in [3.63, 3.8) is 0 Å². The number of benzene rings is 1. The molecule has 0 bridgehead atoms. The smallest absolute Gasteiger partial charge is 0.453 e. The Balaban J connectivity index is 2.14. The van der Waals surface area contributed by atoms with Gasteiger partial charge in [-0.2, -0.15) is 10.4 Å². The normalized spacial score (nSPS) is 14.6. The Labute approximate surface area is 256 Å². The Bertz CT molecular complexity index is 1520. The predicted octanol–water partition coefficient (Wildman–Crippen LogP) is 4.42. The molecule has 3 aromatic rings. The van der Waals surface area contributed by atoms with Crippen LogP contribution in [0, 0.1) is 23.2 Å². The van der Waals surface area contributed by atoms with Crippen LogP contribution < -0.4 is 4.52 Å². The summed E-state index contributed by atoms with van der Waals surface area (Å²) in [6.07, 6.45) is -0.262. The van der Waals surface area contributed by atoms with Crippen molar-refractivity contribution in [1.29, 1.82) is 5.26 Å². The summed E-state index contributed by atoms with van der Waals surface area (Å²) in [6.45, 7) is 5.77. The molecule has 1 aromatic carbocycles. The van der Waals surface area contributed by atoms with Crippen LogP contribution in [0.1, 0.15) is 39.5 Å². The van der Waals surface area contributed by atoms with Crippen LogP contribution in [0.3, 0.4) is 0 Å². The van der Waals surface area contributed by atoms with E-state index in [-0.39, 0.29) is 11.4 Å². The Hall–Kier alpha value is -4.44. The summed E-state index contributed by atoms with van der Waals surface area (Å²) in [5, 5.41) is 14.8. The standard InChI is InChI=1S/C29H36N6O8P/c1-19(2)27(36)41-24(22-13-14-23-26(32-18-34(5)6)31-17-33-35(22)23)25(42-28(37)20(3)4)29(15-30,39-7)16-40-44(38)43-21-11-9-8-10-12-21/h8-14,17-20,24-25H,16H2,1-7H3/q+1/t24-,25-,29+/m0/s1. The molecule has 14 nitrogen and oxygen atoms in total. The fourth-order valence-corrected chi connectivity index (χ4v) is 4.41. The second-order valence-corrected chi connectivity index (χ2v) is 11.4. The number of nitriles is 1. The molecule has 4 atom stereocenters. The minimum absolute atomic E-state index is 0.223. The van der Waals surface area contributed by atoms with Crippen molar-refractivity contribution in [2.24, 2.45) is 16.8 Å². The maximum absolute atomic E-state index is 13.1. The fraction of sp³-hybridized carbons (Fsp3) is 0.448. The minimum atomic E-state index is -2.80. The van der Waals surface area contributed by atoms with Gasteiger partial charge in [-0.15, -0.1) is 4.52 Å². The van der Waals surface area contributed by atoms with Crippen LogP contribution in [0.4, 0.5) is 5.82 Å².